The van der Waals surface area contributed by atoms with E-state index >= 15 is 0 Å². The van der Waals surface area contributed by atoms with Crippen molar-refractivity contribution in [1.82, 2.24) is 4.90 Å². The summed E-state index contributed by atoms with van der Waals surface area (Å²) in [6.45, 7) is 8.64. The van der Waals surface area contributed by atoms with Gasteiger partial charge >= 0.3 is 0 Å². The smallest absolute Gasteiger partial charge is 0.290 e. The molecule has 184 valence electrons. The fraction of sp³-hybridized carbons (Fsp3) is 0.290. The molecule has 1 aliphatic heterocycles. The van der Waals surface area contributed by atoms with E-state index in [9.17, 15) is 9.59 Å². The molecule has 3 aromatic carbocycles. The number of aryl methyl sites for hydroxylation is 2. The van der Waals surface area contributed by atoms with E-state index in [0.29, 0.717) is 35.4 Å². The van der Waals surface area contributed by atoms with Crippen LogP contribution in [0.2, 0.25) is 0 Å². The van der Waals surface area contributed by atoms with Crippen LogP contribution in [-0.4, -0.2) is 24.5 Å². The molecular formula is C31H31NO4. The van der Waals surface area contributed by atoms with Crippen molar-refractivity contribution in [3.05, 3.63) is 110 Å². The molecule has 5 heteroatoms. The number of hydrogen-bond acceptors (Lipinski definition) is 4. The van der Waals surface area contributed by atoms with Crippen molar-refractivity contribution in [3.8, 4) is 5.75 Å². The second-order valence-corrected chi connectivity index (χ2v) is 9.95. The first-order valence-corrected chi connectivity index (χ1v) is 12.4. The summed E-state index contributed by atoms with van der Waals surface area (Å²) in [5.74, 6) is 1.10. The Bertz CT molecular complexity index is 1500. The number of amides is 1. The predicted octanol–water partition coefficient (Wildman–Crippen LogP) is 6.33. The van der Waals surface area contributed by atoms with Crippen molar-refractivity contribution in [2.45, 2.75) is 46.1 Å². The maximum absolute atomic E-state index is 13.9. The second kappa shape index (κ2) is 9.30. The summed E-state index contributed by atoms with van der Waals surface area (Å²) in [6.07, 6.45) is 0.649. The Morgan fingerprint density at radius 2 is 1.67 bits per heavy atom. The molecule has 1 aliphatic rings. The van der Waals surface area contributed by atoms with E-state index in [4.69, 9.17) is 9.15 Å². The van der Waals surface area contributed by atoms with Crippen LogP contribution >= 0.6 is 0 Å². The third kappa shape index (κ3) is 4.09. The van der Waals surface area contributed by atoms with Crippen LogP contribution in [0.25, 0.3) is 11.0 Å². The Labute approximate surface area is 211 Å². The zero-order valence-electron chi connectivity index (χ0n) is 21.4. The third-order valence-electron chi connectivity index (χ3n) is 7.13. The minimum absolute atomic E-state index is 0.123. The summed E-state index contributed by atoms with van der Waals surface area (Å²) >= 11 is 0. The standard InChI is InChI=1S/C31H31NO4/c1-18(2)22-8-10-23(11-9-22)28-27-29(33)26-20(4)16-19(3)17-25(26)36-30(27)31(34)32(28)15-14-21-6-12-24(35-5)13-7-21/h6-13,16-18,28H,14-15H2,1-5H3. The molecule has 0 bridgehead atoms. The highest BCUT2D eigenvalue weighted by Gasteiger charge is 2.42. The molecule has 1 atom stereocenters. The summed E-state index contributed by atoms with van der Waals surface area (Å²) in [7, 11) is 1.64. The molecule has 0 N–H and O–H groups in total. The van der Waals surface area contributed by atoms with E-state index in [1.54, 1.807) is 12.0 Å². The minimum Gasteiger partial charge on any atom is -0.497 e. The molecular weight excluding hydrogens is 450 g/mol. The quantitative estimate of drug-likeness (QED) is 0.323. The highest BCUT2D eigenvalue weighted by atomic mass is 16.5. The number of benzene rings is 3. The van der Waals surface area contributed by atoms with Crippen LogP contribution in [0, 0.1) is 13.8 Å². The highest BCUT2D eigenvalue weighted by molar-refractivity contribution is 5.99. The highest BCUT2D eigenvalue weighted by Crippen LogP contribution is 2.39. The SMILES string of the molecule is COc1ccc(CCN2C(=O)c3oc4cc(C)cc(C)c4c(=O)c3C2c2ccc(C(C)C)cc2)cc1. The van der Waals surface area contributed by atoms with E-state index < -0.39 is 6.04 Å². The summed E-state index contributed by atoms with van der Waals surface area (Å²) in [4.78, 5) is 29.4. The van der Waals surface area contributed by atoms with Crippen LogP contribution in [-0.2, 0) is 6.42 Å². The lowest BCUT2D eigenvalue weighted by molar-refractivity contribution is 0.0730. The number of rotatable bonds is 6. The van der Waals surface area contributed by atoms with Crippen LogP contribution in [0.3, 0.4) is 0 Å². The molecule has 4 aromatic rings. The third-order valence-corrected chi connectivity index (χ3v) is 7.13. The lowest BCUT2D eigenvalue weighted by Crippen LogP contribution is -2.31. The Morgan fingerprint density at radius 3 is 2.31 bits per heavy atom. The van der Waals surface area contributed by atoms with Gasteiger partial charge in [0.25, 0.3) is 5.91 Å². The second-order valence-electron chi connectivity index (χ2n) is 9.95. The van der Waals surface area contributed by atoms with Crippen molar-refractivity contribution >= 4 is 16.9 Å². The van der Waals surface area contributed by atoms with Crippen LogP contribution in [0.5, 0.6) is 5.75 Å². The average molecular weight is 482 g/mol. The van der Waals surface area contributed by atoms with Crippen molar-refractivity contribution in [2.24, 2.45) is 0 Å². The van der Waals surface area contributed by atoms with Gasteiger partial charge in [-0.05, 0) is 72.2 Å². The van der Waals surface area contributed by atoms with E-state index in [1.807, 2.05) is 62.4 Å². The van der Waals surface area contributed by atoms with Crippen LogP contribution < -0.4 is 10.2 Å². The first-order chi connectivity index (χ1) is 17.3. The van der Waals surface area contributed by atoms with Gasteiger partial charge in [-0.1, -0.05) is 56.3 Å². The van der Waals surface area contributed by atoms with Crippen molar-refractivity contribution in [2.75, 3.05) is 13.7 Å². The lowest BCUT2D eigenvalue weighted by Gasteiger charge is -2.25. The number of nitrogens with zero attached hydrogens (tertiary/aromatic N) is 1. The molecule has 0 radical (unpaired) electrons. The molecule has 5 rings (SSSR count). The summed E-state index contributed by atoms with van der Waals surface area (Å²) < 4.78 is 11.4. The van der Waals surface area contributed by atoms with Gasteiger partial charge in [0, 0.05) is 6.54 Å². The van der Waals surface area contributed by atoms with Crippen molar-refractivity contribution in [1.29, 1.82) is 0 Å². The van der Waals surface area contributed by atoms with Crippen LogP contribution in [0.4, 0.5) is 0 Å². The number of methoxy groups -OCH3 is 1. The number of carbonyl (C=O) groups excluding carboxylic acids is 1. The lowest BCUT2D eigenvalue weighted by atomic mass is 9.94. The monoisotopic (exact) mass is 481 g/mol. The van der Waals surface area contributed by atoms with Crippen LogP contribution in [0.15, 0.2) is 69.9 Å². The summed E-state index contributed by atoms with van der Waals surface area (Å²) in [5.41, 5.74) is 5.85. The Balaban J connectivity index is 1.62. The molecule has 0 aliphatic carbocycles. The summed E-state index contributed by atoms with van der Waals surface area (Å²) in [5, 5.41) is 0.549. The number of fused-ring (bicyclic) bond motifs is 2. The maximum Gasteiger partial charge on any atom is 0.290 e. The average Bonchev–Trinajstić information content (AvgIpc) is 3.14. The predicted molar refractivity (Wildman–Crippen MR) is 142 cm³/mol. The van der Waals surface area contributed by atoms with E-state index in [-0.39, 0.29) is 17.1 Å². The van der Waals surface area contributed by atoms with Gasteiger partial charge in [-0.25, -0.2) is 0 Å². The molecule has 2 heterocycles. The molecule has 1 unspecified atom stereocenters. The fourth-order valence-corrected chi connectivity index (χ4v) is 5.20. The van der Waals surface area contributed by atoms with Gasteiger partial charge < -0.3 is 14.1 Å². The van der Waals surface area contributed by atoms with E-state index in [1.165, 1.54) is 5.56 Å². The minimum atomic E-state index is -0.492. The van der Waals surface area contributed by atoms with Crippen molar-refractivity contribution < 1.29 is 13.9 Å². The van der Waals surface area contributed by atoms with Gasteiger partial charge in [0.1, 0.15) is 11.3 Å². The van der Waals surface area contributed by atoms with Gasteiger partial charge in [0.15, 0.2) is 5.43 Å². The molecule has 1 aromatic heterocycles. The number of carbonyl (C=O) groups is 1. The zero-order valence-corrected chi connectivity index (χ0v) is 21.4. The molecule has 1 amide bonds. The molecule has 36 heavy (non-hydrogen) atoms. The molecule has 0 saturated carbocycles. The Kier molecular flexibility index (Phi) is 6.17. The molecule has 0 fully saturated rings. The normalized spacial score (nSPS) is 15.1. The first kappa shape index (κ1) is 23.9. The molecule has 0 saturated heterocycles. The Hall–Kier alpha value is -3.86. The molecule has 0 spiro atoms. The molecule has 5 nitrogen and oxygen atoms in total. The first-order valence-electron chi connectivity index (χ1n) is 12.4. The van der Waals surface area contributed by atoms with Gasteiger partial charge in [-0.15, -0.1) is 0 Å². The van der Waals surface area contributed by atoms with Crippen LogP contribution in [0.1, 0.15) is 69.7 Å². The van der Waals surface area contributed by atoms with Crippen molar-refractivity contribution in [3.63, 3.8) is 0 Å². The summed E-state index contributed by atoms with van der Waals surface area (Å²) in [6, 6.07) is 19.4. The maximum atomic E-state index is 13.9. The van der Waals surface area contributed by atoms with Gasteiger partial charge in [-0.3, -0.25) is 9.59 Å². The van der Waals surface area contributed by atoms with Gasteiger partial charge in [0.2, 0.25) is 5.76 Å². The largest absolute Gasteiger partial charge is 0.497 e. The fourth-order valence-electron chi connectivity index (χ4n) is 5.20. The Morgan fingerprint density at radius 1 is 0.972 bits per heavy atom. The van der Waals surface area contributed by atoms with E-state index in [2.05, 4.69) is 26.0 Å². The number of hydrogen-bond donors (Lipinski definition) is 0. The zero-order chi connectivity index (χ0) is 25.6. The van der Waals surface area contributed by atoms with Gasteiger partial charge in [-0.2, -0.15) is 0 Å². The van der Waals surface area contributed by atoms with Gasteiger partial charge in [0.05, 0.1) is 24.1 Å². The van der Waals surface area contributed by atoms with E-state index in [0.717, 1.165) is 28.0 Å². The topological polar surface area (TPSA) is 59.8 Å². The number of ether oxygens (including phenoxy) is 1.